The molecule has 0 radical (unpaired) electrons. The summed E-state index contributed by atoms with van der Waals surface area (Å²) in [4.78, 5) is 20.7. The van der Waals surface area contributed by atoms with Gasteiger partial charge in [-0.15, -0.1) is 0 Å². The minimum absolute atomic E-state index is 0.226. The molecule has 0 unspecified atom stereocenters. The Kier molecular flexibility index (Phi) is 3.93. The Morgan fingerprint density at radius 1 is 0.913 bits per heavy atom. The van der Waals surface area contributed by atoms with Crippen LogP contribution in [0.4, 0.5) is 0 Å². The lowest BCUT2D eigenvalue weighted by Crippen LogP contribution is -2.36. The summed E-state index contributed by atoms with van der Waals surface area (Å²) in [6, 6.07) is 7.30. The van der Waals surface area contributed by atoms with Crippen LogP contribution in [0.2, 0.25) is 0 Å². The van der Waals surface area contributed by atoms with Gasteiger partial charge in [-0.05, 0) is 35.4 Å². The Bertz CT molecular complexity index is 702. The van der Waals surface area contributed by atoms with Crippen molar-refractivity contribution in [2.24, 2.45) is 0 Å². The van der Waals surface area contributed by atoms with Crippen LogP contribution in [0.15, 0.2) is 60.6 Å². The second kappa shape index (κ2) is 6.04. The normalized spacial score (nSPS) is 20.2. The van der Waals surface area contributed by atoms with Gasteiger partial charge in [0.15, 0.2) is 11.5 Å². The van der Waals surface area contributed by atoms with Crippen LogP contribution in [0.25, 0.3) is 12.2 Å². The van der Waals surface area contributed by atoms with Crippen LogP contribution in [-0.4, -0.2) is 21.5 Å². The standard InChI is InChI=1S/C18H16N2O3/c1-18(2)22-15(9-13-5-3-7-19-11-13)17(21)16(23-18)10-14-6-4-8-20-12-14/h3-12H,1-2H3/b15-9-,16-10-. The van der Waals surface area contributed by atoms with Gasteiger partial charge in [-0.3, -0.25) is 14.8 Å². The Morgan fingerprint density at radius 3 is 1.78 bits per heavy atom. The van der Waals surface area contributed by atoms with Crippen molar-refractivity contribution >= 4 is 17.9 Å². The summed E-state index contributed by atoms with van der Waals surface area (Å²) >= 11 is 0. The molecule has 3 heterocycles. The predicted octanol–water partition coefficient (Wildman–Crippen LogP) is 3.21. The molecule has 2 aromatic rings. The fraction of sp³-hybridized carbons (Fsp3) is 0.167. The molecule has 23 heavy (non-hydrogen) atoms. The van der Waals surface area contributed by atoms with Crippen molar-refractivity contribution in [1.82, 2.24) is 9.97 Å². The number of carbonyl (C=O) groups excluding carboxylic acids is 1. The summed E-state index contributed by atoms with van der Waals surface area (Å²) in [5.41, 5.74) is 1.57. The van der Waals surface area contributed by atoms with Gasteiger partial charge in [0.25, 0.3) is 5.78 Å². The Morgan fingerprint density at radius 2 is 1.39 bits per heavy atom. The molecular weight excluding hydrogens is 292 g/mol. The number of hydrogen-bond donors (Lipinski definition) is 0. The summed E-state index contributed by atoms with van der Waals surface area (Å²) < 4.78 is 11.3. The van der Waals surface area contributed by atoms with Crippen LogP contribution in [0.3, 0.4) is 0 Å². The first-order chi connectivity index (χ1) is 11.0. The molecule has 0 amide bonds. The molecule has 5 heteroatoms. The number of hydrogen-bond acceptors (Lipinski definition) is 5. The van der Waals surface area contributed by atoms with Gasteiger partial charge in [0, 0.05) is 38.6 Å². The van der Waals surface area contributed by atoms with Gasteiger partial charge < -0.3 is 9.47 Å². The zero-order valence-corrected chi connectivity index (χ0v) is 12.9. The third-order valence-electron chi connectivity index (χ3n) is 3.12. The maximum Gasteiger partial charge on any atom is 0.262 e. The number of nitrogens with zero attached hydrogens (tertiary/aromatic N) is 2. The highest BCUT2D eigenvalue weighted by Crippen LogP contribution is 2.31. The topological polar surface area (TPSA) is 61.3 Å². The molecule has 0 atom stereocenters. The zero-order chi connectivity index (χ0) is 16.3. The number of ether oxygens (including phenoxy) is 2. The summed E-state index contributed by atoms with van der Waals surface area (Å²) in [5, 5.41) is 0. The van der Waals surface area contributed by atoms with E-state index in [1.54, 1.807) is 62.9 Å². The number of carbonyl (C=O) groups is 1. The number of pyridine rings is 2. The molecule has 0 spiro atoms. The molecule has 1 aliphatic heterocycles. The van der Waals surface area contributed by atoms with Crippen LogP contribution in [0, 0.1) is 0 Å². The van der Waals surface area contributed by atoms with Gasteiger partial charge in [0.05, 0.1) is 0 Å². The largest absolute Gasteiger partial charge is 0.449 e. The summed E-state index contributed by atoms with van der Waals surface area (Å²) in [5.74, 6) is -0.790. The number of rotatable bonds is 2. The molecule has 5 nitrogen and oxygen atoms in total. The maximum atomic E-state index is 12.6. The molecule has 116 valence electrons. The van der Waals surface area contributed by atoms with Crippen molar-refractivity contribution in [1.29, 1.82) is 0 Å². The van der Waals surface area contributed by atoms with E-state index in [0.29, 0.717) is 0 Å². The van der Waals surface area contributed by atoms with Crippen LogP contribution in [0.5, 0.6) is 0 Å². The minimum Gasteiger partial charge on any atom is -0.449 e. The first-order valence-corrected chi connectivity index (χ1v) is 7.20. The lowest BCUT2D eigenvalue weighted by atomic mass is 10.1. The van der Waals surface area contributed by atoms with Gasteiger partial charge in [-0.25, -0.2) is 0 Å². The maximum absolute atomic E-state index is 12.6. The highest BCUT2D eigenvalue weighted by molar-refractivity contribution is 6.11. The first-order valence-electron chi connectivity index (χ1n) is 7.20. The fourth-order valence-electron chi connectivity index (χ4n) is 2.18. The third-order valence-corrected chi connectivity index (χ3v) is 3.12. The molecule has 0 N–H and O–H groups in total. The molecule has 0 bridgehead atoms. The van der Waals surface area contributed by atoms with Gasteiger partial charge in [-0.2, -0.15) is 0 Å². The highest BCUT2D eigenvalue weighted by Gasteiger charge is 2.36. The molecule has 0 aromatic carbocycles. The van der Waals surface area contributed by atoms with Gasteiger partial charge >= 0.3 is 0 Å². The van der Waals surface area contributed by atoms with Crippen LogP contribution in [0.1, 0.15) is 25.0 Å². The summed E-state index contributed by atoms with van der Waals surface area (Å²) in [7, 11) is 0. The van der Waals surface area contributed by atoms with Crippen molar-refractivity contribution in [2.75, 3.05) is 0 Å². The molecule has 1 fully saturated rings. The Labute approximate surface area is 134 Å². The van der Waals surface area contributed by atoms with Crippen molar-refractivity contribution in [3.05, 3.63) is 71.7 Å². The highest BCUT2D eigenvalue weighted by atomic mass is 16.7. The lowest BCUT2D eigenvalue weighted by Gasteiger charge is -2.33. The second-order valence-corrected chi connectivity index (χ2v) is 5.52. The molecule has 3 rings (SSSR count). The Balaban J connectivity index is 1.98. The number of aromatic nitrogens is 2. The van der Waals surface area contributed by atoms with Crippen LogP contribution >= 0.6 is 0 Å². The van der Waals surface area contributed by atoms with Gasteiger partial charge in [0.2, 0.25) is 5.79 Å². The van der Waals surface area contributed by atoms with E-state index < -0.39 is 5.79 Å². The van der Waals surface area contributed by atoms with Crippen molar-refractivity contribution in [3.8, 4) is 0 Å². The van der Waals surface area contributed by atoms with Crippen LogP contribution in [-0.2, 0) is 14.3 Å². The first kappa shape index (κ1) is 15.0. The van der Waals surface area contributed by atoms with E-state index in [1.807, 2.05) is 12.1 Å². The van der Waals surface area contributed by atoms with Crippen molar-refractivity contribution < 1.29 is 14.3 Å². The third kappa shape index (κ3) is 3.63. The van der Waals surface area contributed by atoms with E-state index in [1.165, 1.54) is 0 Å². The van der Waals surface area contributed by atoms with E-state index in [4.69, 9.17) is 9.47 Å². The monoisotopic (exact) mass is 308 g/mol. The second-order valence-electron chi connectivity index (χ2n) is 5.52. The average Bonchev–Trinajstić information content (AvgIpc) is 2.53. The van der Waals surface area contributed by atoms with E-state index in [0.717, 1.165) is 11.1 Å². The lowest BCUT2D eigenvalue weighted by molar-refractivity contribution is -0.189. The number of ketones is 1. The minimum atomic E-state index is -0.935. The van der Waals surface area contributed by atoms with Gasteiger partial charge in [-0.1, -0.05) is 12.1 Å². The zero-order valence-electron chi connectivity index (χ0n) is 12.9. The van der Waals surface area contributed by atoms with Crippen molar-refractivity contribution in [3.63, 3.8) is 0 Å². The fourth-order valence-corrected chi connectivity index (χ4v) is 2.18. The van der Waals surface area contributed by atoms with E-state index in [2.05, 4.69) is 9.97 Å². The SMILES string of the molecule is CC1(C)O/C(=C\c2cccnc2)C(=O)/C(=C/c2cccnc2)O1. The van der Waals surface area contributed by atoms with E-state index in [-0.39, 0.29) is 17.3 Å². The van der Waals surface area contributed by atoms with Crippen LogP contribution < -0.4 is 0 Å². The van der Waals surface area contributed by atoms with Gasteiger partial charge in [0.1, 0.15) is 0 Å². The molecule has 1 aliphatic rings. The molecule has 0 aliphatic carbocycles. The molecule has 0 saturated carbocycles. The summed E-state index contributed by atoms with van der Waals surface area (Å²) in [6.45, 7) is 3.52. The molecule has 1 saturated heterocycles. The molecular formula is C18H16N2O3. The van der Waals surface area contributed by atoms with E-state index >= 15 is 0 Å². The Hall–Kier alpha value is -2.95. The molecule has 2 aromatic heterocycles. The smallest absolute Gasteiger partial charge is 0.262 e. The van der Waals surface area contributed by atoms with Crippen molar-refractivity contribution in [2.45, 2.75) is 19.6 Å². The van der Waals surface area contributed by atoms with E-state index in [9.17, 15) is 4.79 Å². The quantitative estimate of drug-likeness (QED) is 0.797. The predicted molar refractivity (Wildman–Crippen MR) is 85.7 cm³/mol. The number of Topliss-reactive ketones (excluding diaryl/α,β-unsaturated/α-hetero) is 1. The summed E-state index contributed by atoms with van der Waals surface area (Å²) in [6.07, 6.45) is 10.00. The average molecular weight is 308 g/mol.